The van der Waals surface area contributed by atoms with Gasteiger partial charge in [-0.3, -0.25) is 14.4 Å². The second kappa shape index (κ2) is 12.9. The largest absolute Gasteiger partial charge is 0.325 e. The number of halogens is 1. The molecular weight excluding hydrogens is 526 g/mol. The van der Waals surface area contributed by atoms with Crippen LogP contribution in [0.5, 0.6) is 0 Å². The lowest BCUT2D eigenvalue weighted by Crippen LogP contribution is -2.30. The first-order valence-corrected chi connectivity index (χ1v) is 13.4. The van der Waals surface area contributed by atoms with E-state index in [0.717, 1.165) is 9.77 Å². The Morgan fingerprint density at radius 3 is 2.35 bits per heavy atom. The molecule has 4 rings (SSSR count). The minimum atomic E-state index is -0.458. The highest BCUT2D eigenvalue weighted by Gasteiger charge is 2.15. The molecule has 3 aromatic carbocycles. The van der Waals surface area contributed by atoms with Gasteiger partial charge in [-0.2, -0.15) is 0 Å². The molecule has 9 heteroatoms. The van der Waals surface area contributed by atoms with Crippen molar-refractivity contribution in [2.45, 2.75) is 4.90 Å². The lowest BCUT2D eigenvalue weighted by atomic mass is 10.2. The van der Waals surface area contributed by atoms with Crippen LogP contribution >= 0.6 is 34.7 Å². The normalized spacial score (nSPS) is 11.0. The summed E-state index contributed by atoms with van der Waals surface area (Å²) in [6.45, 7) is 0. The molecule has 0 saturated carbocycles. The Morgan fingerprint density at radius 1 is 0.838 bits per heavy atom. The summed E-state index contributed by atoms with van der Waals surface area (Å²) in [6, 6.07) is 26.5. The molecule has 0 aliphatic heterocycles. The molecule has 1 aromatic heterocycles. The zero-order chi connectivity index (χ0) is 26.0. The maximum Gasteiger partial charge on any atom is 0.272 e. The third-order valence-corrected chi connectivity index (χ3v) is 7.01. The van der Waals surface area contributed by atoms with Crippen LogP contribution in [-0.2, 0) is 9.59 Å². The van der Waals surface area contributed by atoms with E-state index >= 15 is 0 Å². The molecular formula is C28H22ClN3O3S2. The van der Waals surface area contributed by atoms with Crippen molar-refractivity contribution >= 4 is 69.9 Å². The summed E-state index contributed by atoms with van der Waals surface area (Å²) in [7, 11) is 0. The Kier molecular flexibility index (Phi) is 9.15. The van der Waals surface area contributed by atoms with Crippen LogP contribution in [0.25, 0.3) is 6.08 Å². The molecule has 37 heavy (non-hydrogen) atoms. The molecule has 4 aromatic rings. The summed E-state index contributed by atoms with van der Waals surface area (Å²) in [6.07, 6.45) is 1.64. The zero-order valence-corrected chi connectivity index (χ0v) is 21.8. The molecule has 0 aliphatic rings. The van der Waals surface area contributed by atoms with Crippen LogP contribution in [0.15, 0.2) is 107 Å². The maximum absolute atomic E-state index is 13.1. The summed E-state index contributed by atoms with van der Waals surface area (Å²) in [5.74, 6) is -0.808. The van der Waals surface area contributed by atoms with Crippen molar-refractivity contribution in [3.63, 3.8) is 0 Å². The summed E-state index contributed by atoms with van der Waals surface area (Å²) in [4.78, 5) is 39.8. The number of rotatable bonds is 9. The smallest absolute Gasteiger partial charge is 0.272 e. The molecule has 0 spiro atoms. The Hall–Kier alpha value is -3.85. The SMILES string of the molecule is O=C(CSc1cccc(NC(=O)/C(=C/c2cccs2)NC(=O)c2ccccc2)c1)Nc1ccc(Cl)cc1. The zero-order valence-electron chi connectivity index (χ0n) is 19.4. The van der Waals surface area contributed by atoms with Gasteiger partial charge in [-0.05, 0) is 72.1 Å². The third-order valence-electron chi connectivity index (χ3n) is 4.95. The Morgan fingerprint density at radius 2 is 1.62 bits per heavy atom. The second-order valence-electron chi connectivity index (χ2n) is 7.72. The van der Waals surface area contributed by atoms with E-state index in [0.29, 0.717) is 22.0 Å². The highest BCUT2D eigenvalue weighted by Crippen LogP contribution is 2.23. The van der Waals surface area contributed by atoms with E-state index in [1.165, 1.54) is 23.1 Å². The number of thioether (sulfide) groups is 1. The minimum absolute atomic E-state index is 0.122. The summed E-state index contributed by atoms with van der Waals surface area (Å²) in [5.41, 5.74) is 1.78. The van der Waals surface area contributed by atoms with Crippen LogP contribution < -0.4 is 16.0 Å². The molecule has 3 amide bonds. The maximum atomic E-state index is 13.1. The first kappa shape index (κ1) is 26.2. The van der Waals surface area contributed by atoms with Gasteiger partial charge in [0.2, 0.25) is 5.91 Å². The number of nitrogens with one attached hydrogen (secondary N) is 3. The number of carbonyl (C=O) groups excluding carboxylic acids is 3. The number of amides is 3. The van der Waals surface area contributed by atoms with E-state index in [1.807, 2.05) is 29.6 Å². The second-order valence-corrected chi connectivity index (χ2v) is 10.2. The van der Waals surface area contributed by atoms with E-state index < -0.39 is 5.91 Å². The molecule has 0 aliphatic carbocycles. The van der Waals surface area contributed by atoms with Gasteiger partial charge in [0.25, 0.3) is 11.8 Å². The lowest BCUT2D eigenvalue weighted by Gasteiger charge is -2.12. The predicted octanol–water partition coefficient (Wildman–Crippen LogP) is 6.54. The van der Waals surface area contributed by atoms with Crippen molar-refractivity contribution in [1.82, 2.24) is 5.32 Å². The van der Waals surface area contributed by atoms with Crippen molar-refractivity contribution in [2.75, 3.05) is 16.4 Å². The number of hydrogen-bond donors (Lipinski definition) is 3. The van der Waals surface area contributed by atoms with Gasteiger partial charge in [0.15, 0.2) is 0 Å². The fraction of sp³-hybridized carbons (Fsp3) is 0.0357. The number of hydrogen-bond acceptors (Lipinski definition) is 5. The van der Waals surface area contributed by atoms with Crippen molar-refractivity contribution in [1.29, 1.82) is 0 Å². The Balaban J connectivity index is 1.40. The number of thiophene rings is 1. The molecule has 3 N–H and O–H groups in total. The van der Waals surface area contributed by atoms with E-state index in [2.05, 4.69) is 16.0 Å². The monoisotopic (exact) mass is 547 g/mol. The van der Waals surface area contributed by atoms with Crippen molar-refractivity contribution in [2.24, 2.45) is 0 Å². The highest BCUT2D eigenvalue weighted by molar-refractivity contribution is 8.00. The number of anilines is 2. The fourth-order valence-electron chi connectivity index (χ4n) is 3.20. The molecule has 0 saturated heterocycles. The van der Waals surface area contributed by atoms with Crippen molar-refractivity contribution in [3.8, 4) is 0 Å². The number of carbonyl (C=O) groups is 3. The molecule has 0 atom stereocenters. The van der Waals surface area contributed by atoms with Gasteiger partial charge in [0, 0.05) is 31.7 Å². The van der Waals surface area contributed by atoms with E-state index in [4.69, 9.17) is 11.6 Å². The van der Waals surface area contributed by atoms with Crippen LogP contribution in [0.1, 0.15) is 15.2 Å². The third kappa shape index (κ3) is 8.08. The van der Waals surface area contributed by atoms with Gasteiger partial charge in [0.1, 0.15) is 5.70 Å². The quantitative estimate of drug-likeness (QED) is 0.164. The van der Waals surface area contributed by atoms with Crippen LogP contribution in [0.4, 0.5) is 11.4 Å². The lowest BCUT2D eigenvalue weighted by molar-refractivity contribution is -0.114. The molecule has 186 valence electrons. The standard InChI is InChI=1S/C28H22ClN3O3S2/c29-20-11-13-21(14-12-20)30-26(33)18-37-23-9-4-8-22(16-23)31-28(35)25(17-24-10-5-15-36-24)32-27(34)19-6-2-1-3-7-19/h1-17H,18H2,(H,30,33)(H,31,35)(H,32,34)/b25-17-. The van der Waals surface area contributed by atoms with Crippen molar-refractivity contribution in [3.05, 3.63) is 118 Å². The molecule has 0 unspecified atom stereocenters. The van der Waals surface area contributed by atoms with Gasteiger partial charge >= 0.3 is 0 Å². The average molecular weight is 548 g/mol. The highest BCUT2D eigenvalue weighted by atomic mass is 35.5. The molecule has 0 bridgehead atoms. The van der Waals surface area contributed by atoms with Gasteiger partial charge in [-0.1, -0.05) is 41.9 Å². The van der Waals surface area contributed by atoms with Crippen LogP contribution in [0.3, 0.4) is 0 Å². The fourth-order valence-corrected chi connectivity index (χ4v) is 4.74. The van der Waals surface area contributed by atoms with Gasteiger partial charge in [-0.25, -0.2) is 0 Å². The molecule has 0 radical (unpaired) electrons. The molecule has 0 fully saturated rings. The topological polar surface area (TPSA) is 87.3 Å². The number of benzene rings is 3. The summed E-state index contributed by atoms with van der Waals surface area (Å²) < 4.78 is 0. The Labute approximate surface area is 227 Å². The average Bonchev–Trinajstić information content (AvgIpc) is 3.42. The van der Waals surface area contributed by atoms with Gasteiger partial charge in [-0.15, -0.1) is 23.1 Å². The van der Waals surface area contributed by atoms with Gasteiger partial charge in [0.05, 0.1) is 5.75 Å². The predicted molar refractivity (Wildman–Crippen MR) is 152 cm³/mol. The summed E-state index contributed by atoms with van der Waals surface area (Å²) >= 11 is 8.67. The van der Waals surface area contributed by atoms with E-state index in [-0.39, 0.29) is 23.3 Å². The first-order valence-electron chi connectivity index (χ1n) is 11.2. The van der Waals surface area contributed by atoms with Crippen LogP contribution in [0.2, 0.25) is 5.02 Å². The first-order chi connectivity index (χ1) is 18.0. The van der Waals surface area contributed by atoms with Gasteiger partial charge < -0.3 is 16.0 Å². The van der Waals surface area contributed by atoms with Crippen molar-refractivity contribution < 1.29 is 14.4 Å². The molecule has 1 heterocycles. The van der Waals surface area contributed by atoms with Crippen LogP contribution in [0, 0.1) is 0 Å². The van der Waals surface area contributed by atoms with E-state index in [9.17, 15) is 14.4 Å². The Bertz CT molecular complexity index is 1410. The minimum Gasteiger partial charge on any atom is -0.325 e. The summed E-state index contributed by atoms with van der Waals surface area (Å²) in [5, 5.41) is 10.9. The van der Waals surface area contributed by atoms with Crippen LogP contribution in [-0.4, -0.2) is 23.5 Å². The molecule has 6 nitrogen and oxygen atoms in total. The van der Waals surface area contributed by atoms with E-state index in [1.54, 1.807) is 72.8 Å².